The minimum atomic E-state index is 0.558. The summed E-state index contributed by atoms with van der Waals surface area (Å²) in [4.78, 5) is 2.42. The van der Waals surface area contributed by atoms with Crippen LogP contribution in [0, 0.1) is 18.8 Å². The highest BCUT2D eigenvalue weighted by molar-refractivity contribution is 5.77. The van der Waals surface area contributed by atoms with Crippen molar-refractivity contribution in [1.82, 2.24) is 5.32 Å². The van der Waals surface area contributed by atoms with Crippen LogP contribution in [0.1, 0.15) is 86.3 Å². The molecule has 0 fully saturated rings. The average Bonchev–Trinajstić information content (AvgIpc) is 3.24. The number of nitrogens with one attached hydrogen (secondary N) is 1. The molecule has 234 valence electrons. The van der Waals surface area contributed by atoms with Gasteiger partial charge in [0.1, 0.15) is 0 Å². The summed E-state index contributed by atoms with van der Waals surface area (Å²) in [7, 11) is 0. The number of rotatable bonds is 11. The first-order valence-electron chi connectivity index (χ1n) is 17.1. The Morgan fingerprint density at radius 3 is 2.56 bits per heavy atom. The fourth-order valence-corrected chi connectivity index (χ4v) is 7.39. The second kappa shape index (κ2) is 15.3. The number of benzene rings is 2. The van der Waals surface area contributed by atoms with Gasteiger partial charge in [0.2, 0.25) is 0 Å². The molecule has 0 spiro atoms. The monoisotopic (exact) mass is 596 g/mol. The molecule has 2 aromatic rings. The molecule has 2 nitrogen and oxygen atoms in total. The molecule has 0 unspecified atom stereocenters. The Labute approximate surface area is 273 Å². The molecule has 3 aliphatic rings. The smallest absolute Gasteiger partial charge is 0.0557 e. The van der Waals surface area contributed by atoms with E-state index in [1.807, 2.05) is 12.2 Å². The highest BCUT2D eigenvalue weighted by Crippen LogP contribution is 2.42. The number of hydrogen-bond donors (Lipinski definition) is 1. The zero-order valence-electron chi connectivity index (χ0n) is 28.0. The van der Waals surface area contributed by atoms with Crippen LogP contribution in [0.4, 0.5) is 5.69 Å². The van der Waals surface area contributed by atoms with Gasteiger partial charge in [0.05, 0.1) is 6.54 Å². The predicted octanol–water partition coefficient (Wildman–Crippen LogP) is 11.0. The van der Waals surface area contributed by atoms with Gasteiger partial charge in [-0.1, -0.05) is 81.2 Å². The molecule has 45 heavy (non-hydrogen) atoms. The average molecular weight is 597 g/mol. The molecule has 2 atom stereocenters. The van der Waals surface area contributed by atoms with E-state index in [4.69, 9.17) is 0 Å². The van der Waals surface area contributed by atoms with E-state index in [2.05, 4.69) is 130 Å². The topological polar surface area (TPSA) is 15.3 Å². The first-order chi connectivity index (χ1) is 22.0. The lowest BCUT2D eigenvalue weighted by Crippen LogP contribution is -2.32. The Hall–Kier alpha value is -4.04. The van der Waals surface area contributed by atoms with E-state index in [0.717, 1.165) is 45.1 Å². The third kappa shape index (κ3) is 7.12. The van der Waals surface area contributed by atoms with Crippen LogP contribution in [0.5, 0.6) is 0 Å². The van der Waals surface area contributed by atoms with E-state index >= 15 is 0 Å². The molecule has 0 amide bonds. The van der Waals surface area contributed by atoms with E-state index in [1.54, 1.807) is 16.7 Å². The Bertz CT molecular complexity index is 1570. The van der Waals surface area contributed by atoms with Crippen LogP contribution in [0.15, 0.2) is 115 Å². The third-order valence-corrected chi connectivity index (χ3v) is 9.97. The highest BCUT2D eigenvalue weighted by atomic mass is 15.2. The molecule has 2 aromatic carbocycles. The van der Waals surface area contributed by atoms with Crippen LogP contribution >= 0.6 is 0 Å². The van der Waals surface area contributed by atoms with Crippen molar-refractivity contribution in [3.8, 4) is 0 Å². The first kappa shape index (κ1) is 32.4. The van der Waals surface area contributed by atoms with E-state index in [0.29, 0.717) is 11.8 Å². The van der Waals surface area contributed by atoms with Gasteiger partial charge < -0.3 is 10.2 Å². The summed E-state index contributed by atoms with van der Waals surface area (Å²) in [5.74, 6) is 1.23. The van der Waals surface area contributed by atoms with Gasteiger partial charge >= 0.3 is 0 Å². The molecule has 1 N–H and O–H groups in total. The van der Waals surface area contributed by atoms with Crippen molar-refractivity contribution in [2.45, 2.75) is 79.1 Å². The molecular formula is C43H52N2. The van der Waals surface area contributed by atoms with E-state index in [-0.39, 0.29) is 0 Å². The van der Waals surface area contributed by atoms with Gasteiger partial charge in [0.15, 0.2) is 0 Å². The van der Waals surface area contributed by atoms with Gasteiger partial charge in [-0.25, -0.2) is 0 Å². The maximum absolute atomic E-state index is 3.97. The number of fused-ring (bicyclic) bond motifs is 3. The zero-order chi connectivity index (χ0) is 31.8. The van der Waals surface area contributed by atoms with Crippen molar-refractivity contribution in [3.63, 3.8) is 0 Å². The van der Waals surface area contributed by atoms with Gasteiger partial charge in [-0.05, 0) is 146 Å². The van der Waals surface area contributed by atoms with Gasteiger partial charge in [0, 0.05) is 22.8 Å². The van der Waals surface area contributed by atoms with Crippen LogP contribution < -0.4 is 10.2 Å². The van der Waals surface area contributed by atoms with Crippen LogP contribution in [-0.4, -0.2) is 6.54 Å². The van der Waals surface area contributed by atoms with Gasteiger partial charge in [-0.3, -0.25) is 0 Å². The highest BCUT2D eigenvalue weighted by Gasteiger charge is 2.29. The standard InChI is InChI=1S/C43H52N2/c1-7-11-17-33-28-41-39(25-22-31(33)5)32(6)38(21-13-9-3)42-29-34(23-26-40(41)42)43-27-24-37(30-44-43)45(35(10-4)18-12-8-2)36-19-15-14-16-20-36/h7-8,10-11,13-17,19-21,24,27,29,31,33,44H,1-2,9,12,18,22-23,25-26,28,30H2,3-6H3/b17-11-,21-13-,35-10+/t31-,33+/m1/s1. The number of anilines is 1. The molecule has 2 heteroatoms. The second-order valence-electron chi connectivity index (χ2n) is 12.7. The normalized spacial score (nSPS) is 20.0. The summed E-state index contributed by atoms with van der Waals surface area (Å²) >= 11 is 0. The maximum Gasteiger partial charge on any atom is 0.0557 e. The summed E-state index contributed by atoms with van der Waals surface area (Å²) in [6.07, 6.45) is 31.3. The zero-order valence-corrected chi connectivity index (χ0v) is 28.0. The minimum Gasteiger partial charge on any atom is -0.379 e. The van der Waals surface area contributed by atoms with Crippen LogP contribution in [0.2, 0.25) is 0 Å². The Morgan fingerprint density at radius 1 is 1.04 bits per heavy atom. The van der Waals surface area contributed by atoms with Gasteiger partial charge in [-0.2, -0.15) is 0 Å². The van der Waals surface area contributed by atoms with Crippen molar-refractivity contribution < 1.29 is 0 Å². The number of nitrogens with zero attached hydrogens (tertiary/aromatic N) is 1. The van der Waals surface area contributed by atoms with Crippen molar-refractivity contribution in [3.05, 3.63) is 148 Å². The molecule has 1 aliphatic heterocycles. The van der Waals surface area contributed by atoms with E-state index < -0.39 is 0 Å². The largest absolute Gasteiger partial charge is 0.379 e. The molecule has 0 saturated heterocycles. The summed E-state index contributed by atoms with van der Waals surface area (Å²) < 4.78 is 0. The number of para-hydroxylation sites is 1. The van der Waals surface area contributed by atoms with Crippen molar-refractivity contribution in [2.24, 2.45) is 11.8 Å². The SMILES string of the molecule is C=C/C=C\[C@H]1Cc2c(c(C)c(/C=C\CC)c3c2CCC(C2=CC=C(N(/C(=C/C)CCC=C)c4ccccc4)CN2)=C3)CC[C@H]1C. The second-order valence-corrected chi connectivity index (χ2v) is 12.7. The van der Waals surface area contributed by atoms with Gasteiger partial charge in [-0.15, -0.1) is 6.58 Å². The minimum absolute atomic E-state index is 0.558. The molecule has 0 aromatic heterocycles. The van der Waals surface area contributed by atoms with Gasteiger partial charge in [0.25, 0.3) is 0 Å². The molecular weight excluding hydrogens is 544 g/mol. The van der Waals surface area contributed by atoms with Crippen LogP contribution in [-0.2, 0) is 19.3 Å². The lowest BCUT2D eigenvalue weighted by atomic mass is 9.78. The Morgan fingerprint density at radius 2 is 1.87 bits per heavy atom. The molecule has 0 bridgehead atoms. The number of allylic oxidation sites excluding steroid dienone is 10. The quantitative estimate of drug-likeness (QED) is 0.158. The fourth-order valence-electron chi connectivity index (χ4n) is 7.39. The van der Waals surface area contributed by atoms with Crippen molar-refractivity contribution >= 4 is 17.8 Å². The summed E-state index contributed by atoms with van der Waals surface area (Å²) in [6, 6.07) is 10.7. The Balaban J connectivity index is 1.55. The molecule has 5 rings (SSSR count). The summed E-state index contributed by atoms with van der Waals surface area (Å²) in [6.45, 7) is 17.9. The van der Waals surface area contributed by atoms with Crippen molar-refractivity contribution in [2.75, 3.05) is 11.4 Å². The lowest BCUT2D eigenvalue weighted by Gasteiger charge is -2.33. The number of hydrogen-bond acceptors (Lipinski definition) is 2. The fraction of sp³-hybridized carbons (Fsp3) is 0.349. The number of dihydropyridines is 1. The first-order valence-corrected chi connectivity index (χ1v) is 17.1. The summed E-state index contributed by atoms with van der Waals surface area (Å²) in [5, 5.41) is 3.84. The van der Waals surface area contributed by atoms with Crippen LogP contribution in [0.3, 0.4) is 0 Å². The predicted molar refractivity (Wildman–Crippen MR) is 197 cm³/mol. The summed E-state index contributed by atoms with van der Waals surface area (Å²) in [5.41, 5.74) is 15.6. The maximum atomic E-state index is 3.97. The molecule has 1 heterocycles. The van der Waals surface area contributed by atoms with E-state index in [9.17, 15) is 0 Å². The van der Waals surface area contributed by atoms with Crippen LogP contribution in [0.25, 0.3) is 12.2 Å². The molecule has 0 radical (unpaired) electrons. The third-order valence-electron chi connectivity index (χ3n) is 9.97. The molecule has 0 saturated carbocycles. The van der Waals surface area contributed by atoms with E-state index in [1.165, 1.54) is 57.9 Å². The lowest BCUT2D eigenvalue weighted by molar-refractivity contribution is 0.413. The molecule has 2 aliphatic carbocycles. The van der Waals surface area contributed by atoms with Crippen molar-refractivity contribution in [1.29, 1.82) is 0 Å². The Kier molecular flexibility index (Phi) is 11.0.